The van der Waals surface area contributed by atoms with E-state index in [2.05, 4.69) is 34.3 Å². The van der Waals surface area contributed by atoms with E-state index in [-0.39, 0.29) is 6.04 Å². The molecule has 0 spiro atoms. The fraction of sp³-hybridized carbons (Fsp3) is 0.357. The molecule has 0 aliphatic carbocycles. The summed E-state index contributed by atoms with van der Waals surface area (Å²) in [6.45, 7) is 8.07. The minimum atomic E-state index is 0.228. The predicted molar refractivity (Wildman–Crippen MR) is 83.4 cm³/mol. The van der Waals surface area contributed by atoms with Crippen molar-refractivity contribution >= 4 is 23.1 Å². The van der Waals surface area contributed by atoms with E-state index in [1.54, 1.807) is 15.4 Å². The predicted octanol–water partition coefficient (Wildman–Crippen LogP) is 3.01. The van der Waals surface area contributed by atoms with Crippen LogP contribution in [0, 0.1) is 13.8 Å². The fourth-order valence-electron chi connectivity index (χ4n) is 2.35. The van der Waals surface area contributed by atoms with Crippen LogP contribution >= 0.6 is 11.6 Å². The molecule has 0 aliphatic heterocycles. The van der Waals surface area contributed by atoms with E-state index in [0.29, 0.717) is 16.5 Å². The van der Waals surface area contributed by atoms with Crippen molar-refractivity contribution in [2.45, 2.75) is 33.7 Å². The molecule has 7 heteroatoms. The summed E-state index contributed by atoms with van der Waals surface area (Å²) in [4.78, 5) is 4.40. The lowest BCUT2D eigenvalue weighted by Crippen LogP contribution is -2.18. The summed E-state index contributed by atoms with van der Waals surface area (Å²) in [6.07, 6.45) is 1.70. The Morgan fingerprint density at radius 1 is 1.29 bits per heavy atom. The number of anilines is 1. The Balaban J connectivity index is 2.34. The minimum Gasteiger partial charge on any atom is -0.366 e. The maximum atomic E-state index is 6.41. The first-order valence-electron chi connectivity index (χ1n) is 6.81. The van der Waals surface area contributed by atoms with Crippen LogP contribution in [0.15, 0.2) is 18.3 Å². The molecule has 0 radical (unpaired) electrons. The van der Waals surface area contributed by atoms with E-state index >= 15 is 0 Å². The van der Waals surface area contributed by atoms with Crippen LogP contribution in [0.1, 0.15) is 25.2 Å². The number of fused-ring (bicyclic) bond motifs is 1. The van der Waals surface area contributed by atoms with Gasteiger partial charge in [-0.25, -0.2) is 9.67 Å². The zero-order valence-electron chi connectivity index (χ0n) is 12.4. The van der Waals surface area contributed by atoms with Gasteiger partial charge in [0.15, 0.2) is 16.6 Å². The Morgan fingerprint density at radius 3 is 2.67 bits per heavy atom. The Morgan fingerprint density at radius 2 is 2.05 bits per heavy atom. The van der Waals surface area contributed by atoms with Crippen LogP contribution in [-0.4, -0.2) is 30.4 Å². The van der Waals surface area contributed by atoms with Gasteiger partial charge in [0.05, 0.1) is 11.9 Å². The second-order valence-corrected chi connectivity index (χ2v) is 5.70. The molecule has 21 heavy (non-hydrogen) atoms. The molecule has 0 saturated heterocycles. The summed E-state index contributed by atoms with van der Waals surface area (Å²) in [5, 5.41) is 12.6. The third kappa shape index (κ3) is 2.35. The summed E-state index contributed by atoms with van der Waals surface area (Å²) in [5.74, 6) is 0.788. The zero-order chi connectivity index (χ0) is 15.1. The topological polar surface area (TPSA) is 60.0 Å². The van der Waals surface area contributed by atoms with Crippen molar-refractivity contribution in [1.29, 1.82) is 0 Å². The van der Waals surface area contributed by atoms with E-state index < -0.39 is 0 Å². The van der Waals surface area contributed by atoms with Crippen molar-refractivity contribution in [3.63, 3.8) is 0 Å². The SMILES string of the molecule is Cc1cc(C)n(-c2c(Cl)nc3ccnn3c2NC(C)C)n1. The van der Waals surface area contributed by atoms with Gasteiger partial charge in [-0.1, -0.05) is 11.6 Å². The highest BCUT2D eigenvalue weighted by Gasteiger charge is 2.19. The number of halogens is 1. The molecule has 6 nitrogen and oxygen atoms in total. The lowest BCUT2D eigenvalue weighted by Gasteiger charge is -2.17. The smallest absolute Gasteiger partial charge is 0.161 e. The number of nitrogens with zero attached hydrogens (tertiary/aromatic N) is 5. The Kier molecular flexibility index (Phi) is 3.33. The van der Waals surface area contributed by atoms with Crippen molar-refractivity contribution < 1.29 is 0 Å². The second kappa shape index (κ2) is 5.04. The van der Waals surface area contributed by atoms with Crippen LogP contribution in [-0.2, 0) is 0 Å². The zero-order valence-corrected chi connectivity index (χ0v) is 13.2. The molecule has 3 aromatic rings. The first-order chi connectivity index (χ1) is 9.97. The molecule has 3 aromatic heterocycles. The summed E-state index contributed by atoms with van der Waals surface area (Å²) >= 11 is 6.41. The quantitative estimate of drug-likeness (QED) is 0.756. The van der Waals surface area contributed by atoms with E-state index in [1.807, 2.05) is 26.0 Å². The fourth-order valence-corrected chi connectivity index (χ4v) is 2.61. The van der Waals surface area contributed by atoms with Gasteiger partial charge in [-0.2, -0.15) is 14.7 Å². The minimum absolute atomic E-state index is 0.228. The molecule has 0 atom stereocenters. The van der Waals surface area contributed by atoms with Gasteiger partial charge >= 0.3 is 0 Å². The van der Waals surface area contributed by atoms with Crippen molar-refractivity contribution in [2.24, 2.45) is 0 Å². The number of aryl methyl sites for hydroxylation is 2. The van der Waals surface area contributed by atoms with Crippen LogP contribution in [0.2, 0.25) is 5.15 Å². The molecule has 0 bridgehead atoms. The summed E-state index contributed by atoms with van der Waals surface area (Å²) in [7, 11) is 0. The highest BCUT2D eigenvalue weighted by molar-refractivity contribution is 6.31. The lowest BCUT2D eigenvalue weighted by atomic mass is 10.3. The van der Waals surface area contributed by atoms with Gasteiger partial charge in [0.25, 0.3) is 0 Å². The van der Waals surface area contributed by atoms with Crippen LogP contribution in [0.4, 0.5) is 5.82 Å². The molecule has 1 N–H and O–H groups in total. The monoisotopic (exact) mass is 304 g/mol. The second-order valence-electron chi connectivity index (χ2n) is 5.34. The summed E-state index contributed by atoms with van der Waals surface area (Å²) in [6, 6.07) is 4.05. The average Bonchev–Trinajstić information content (AvgIpc) is 2.95. The van der Waals surface area contributed by atoms with Crippen molar-refractivity contribution in [2.75, 3.05) is 5.32 Å². The normalized spacial score (nSPS) is 11.5. The molecule has 110 valence electrons. The Hall–Kier alpha value is -2.08. The van der Waals surface area contributed by atoms with Crippen molar-refractivity contribution in [1.82, 2.24) is 24.4 Å². The van der Waals surface area contributed by atoms with Gasteiger partial charge in [-0.3, -0.25) is 0 Å². The molecule has 0 fully saturated rings. The summed E-state index contributed by atoms with van der Waals surface area (Å²) in [5.41, 5.74) is 3.34. The van der Waals surface area contributed by atoms with Crippen LogP contribution in [0.3, 0.4) is 0 Å². The molecule has 0 saturated carbocycles. The molecule has 3 rings (SSSR count). The summed E-state index contributed by atoms with van der Waals surface area (Å²) < 4.78 is 3.55. The van der Waals surface area contributed by atoms with Gasteiger partial charge in [-0.15, -0.1) is 0 Å². The van der Waals surface area contributed by atoms with Gasteiger partial charge < -0.3 is 5.32 Å². The first kappa shape index (κ1) is 13.9. The molecular weight excluding hydrogens is 288 g/mol. The molecule has 0 aliphatic rings. The van der Waals surface area contributed by atoms with E-state index in [1.165, 1.54) is 0 Å². The molecular formula is C14H17ClN6. The first-order valence-corrected chi connectivity index (χ1v) is 7.18. The van der Waals surface area contributed by atoms with Crippen LogP contribution in [0.25, 0.3) is 11.3 Å². The standard InChI is InChI=1S/C14H17ClN6/c1-8(2)17-14-12(20-10(4)7-9(3)19-20)13(15)18-11-5-6-16-21(11)14/h5-8,17H,1-4H3. The third-order valence-electron chi connectivity index (χ3n) is 3.11. The number of nitrogens with one attached hydrogen (secondary N) is 1. The van der Waals surface area contributed by atoms with Gasteiger partial charge in [-0.05, 0) is 33.8 Å². The van der Waals surface area contributed by atoms with Crippen molar-refractivity contribution in [3.8, 4) is 5.69 Å². The van der Waals surface area contributed by atoms with E-state index in [9.17, 15) is 0 Å². The van der Waals surface area contributed by atoms with Gasteiger partial charge in [0.1, 0.15) is 5.69 Å². The highest BCUT2D eigenvalue weighted by Crippen LogP contribution is 2.29. The van der Waals surface area contributed by atoms with Crippen LogP contribution in [0.5, 0.6) is 0 Å². The number of hydrogen-bond donors (Lipinski definition) is 1. The van der Waals surface area contributed by atoms with Crippen molar-refractivity contribution in [3.05, 3.63) is 34.9 Å². The maximum Gasteiger partial charge on any atom is 0.161 e. The van der Waals surface area contributed by atoms with Crippen LogP contribution < -0.4 is 5.32 Å². The Labute approximate surface area is 127 Å². The highest BCUT2D eigenvalue weighted by atomic mass is 35.5. The number of rotatable bonds is 3. The molecule has 0 aromatic carbocycles. The van der Waals surface area contributed by atoms with E-state index in [4.69, 9.17) is 11.6 Å². The average molecular weight is 305 g/mol. The number of aromatic nitrogens is 5. The number of hydrogen-bond acceptors (Lipinski definition) is 4. The van der Waals surface area contributed by atoms with Gasteiger partial charge in [0.2, 0.25) is 0 Å². The Bertz CT molecular complexity index is 801. The molecule has 0 amide bonds. The maximum absolute atomic E-state index is 6.41. The van der Waals surface area contributed by atoms with Gasteiger partial charge in [0, 0.05) is 17.8 Å². The van der Waals surface area contributed by atoms with E-state index in [0.717, 1.165) is 17.2 Å². The molecule has 0 unspecified atom stereocenters. The third-order valence-corrected chi connectivity index (χ3v) is 3.38. The largest absolute Gasteiger partial charge is 0.366 e. The lowest BCUT2D eigenvalue weighted by molar-refractivity contribution is 0.792. The molecule has 3 heterocycles.